The van der Waals surface area contributed by atoms with Crippen molar-refractivity contribution in [1.29, 1.82) is 0 Å². The van der Waals surface area contributed by atoms with Gasteiger partial charge in [-0.1, -0.05) is 24.3 Å². The van der Waals surface area contributed by atoms with E-state index >= 15 is 0 Å². The molecule has 1 N–H and O–H groups in total. The summed E-state index contributed by atoms with van der Waals surface area (Å²) in [6.45, 7) is 0.681. The minimum atomic E-state index is -1.39. The lowest BCUT2D eigenvalue weighted by atomic mass is 9.85. The molecule has 1 unspecified atom stereocenters. The van der Waals surface area contributed by atoms with Gasteiger partial charge in [0.15, 0.2) is 17.5 Å². The van der Waals surface area contributed by atoms with Crippen molar-refractivity contribution in [2.24, 2.45) is 0 Å². The van der Waals surface area contributed by atoms with E-state index in [1.54, 1.807) is 0 Å². The highest BCUT2D eigenvalue weighted by molar-refractivity contribution is 5.57. The lowest BCUT2D eigenvalue weighted by Crippen LogP contribution is -2.18. The third-order valence-corrected chi connectivity index (χ3v) is 3.53. The number of anilines is 1. The van der Waals surface area contributed by atoms with Gasteiger partial charge >= 0.3 is 0 Å². The van der Waals surface area contributed by atoms with Gasteiger partial charge in [0.2, 0.25) is 0 Å². The summed E-state index contributed by atoms with van der Waals surface area (Å²) in [5, 5.41) is 3.22. The minimum absolute atomic E-state index is 0.216. The molecule has 0 saturated carbocycles. The first-order valence-electron chi connectivity index (χ1n) is 6.14. The summed E-state index contributed by atoms with van der Waals surface area (Å²) in [4.78, 5) is 0. The molecule has 4 heteroatoms. The van der Waals surface area contributed by atoms with Crippen LogP contribution in [0.2, 0.25) is 0 Å². The van der Waals surface area contributed by atoms with Crippen LogP contribution in [0.25, 0.3) is 0 Å². The molecule has 2 aromatic rings. The van der Waals surface area contributed by atoms with Crippen molar-refractivity contribution in [3.8, 4) is 0 Å². The Morgan fingerprint density at radius 3 is 2.53 bits per heavy atom. The van der Waals surface area contributed by atoms with E-state index in [2.05, 4.69) is 5.32 Å². The van der Waals surface area contributed by atoms with Crippen LogP contribution in [0.4, 0.5) is 18.9 Å². The number of nitrogens with one attached hydrogen (secondary N) is 1. The highest BCUT2D eigenvalue weighted by Gasteiger charge is 2.26. The molecular weight excluding hydrogens is 251 g/mol. The second kappa shape index (κ2) is 4.61. The predicted octanol–water partition coefficient (Wildman–Crippen LogP) is 4.05. The number of rotatable bonds is 1. The maximum atomic E-state index is 13.9. The SMILES string of the molecule is Fc1ccc(C2CCNc3ccccc32)c(F)c1F. The Morgan fingerprint density at radius 1 is 0.895 bits per heavy atom. The average molecular weight is 263 g/mol. The van der Waals surface area contributed by atoms with Crippen LogP contribution in [0.3, 0.4) is 0 Å². The fraction of sp³-hybridized carbons (Fsp3) is 0.200. The Labute approximate surface area is 109 Å². The summed E-state index contributed by atoms with van der Waals surface area (Å²) in [6, 6.07) is 9.84. The van der Waals surface area contributed by atoms with E-state index in [-0.39, 0.29) is 11.5 Å². The zero-order chi connectivity index (χ0) is 13.4. The molecule has 1 heterocycles. The number of halogens is 3. The Morgan fingerprint density at radius 2 is 1.68 bits per heavy atom. The number of hydrogen-bond donors (Lipinski definition) is 1. The van der Waals surface area contributed by atoms with Crippen LogP contribution < -0.4 is 5.32 Å². The number of hydrogen-bond acceptors (Lipinski definition) is 1. The van der Waals surface area contributed by atoms with Gasteiger partial charge in [-0.05, 0) is 29.7 Å². The van der Waals surface area contributed by atoms with E-state index in [1.165, 1.54) is 6.07 Å². The number of fused-ring (bicyclic) bond motifs is 1. The van der Waals surface area contributed by atoms with Gasteiger partial charge in [-0.25, -0.2) is 13.2 Å². The zero-order valence-corrected chi connectivity index (χ0v) is 10.1. The van der Waals surface area contributed by atoms with E-state index in [1.807, 2.05) is 24.3 Å². The molecule has 0 bridgehead atoms. The summed E-state index contributed by atoms with van der Waals surface area (Å²) in [7, 11) is 0. The molecule has 0 saturated heterocycles. The second-order valence-corrected chi connectivity index (χ2v) is 4.62. The van der Waals surface area contributed by atoms with Crippen LogP contribution in [0.5, 0.6) is 0 Å². The fourth-order valence-electron chi connectivity index (χ4n) is 2.60. The van der Waals surface area contributed by atoms with Gasteiger partial charge < -0.3 is 5.32 Å². The Bertz CT molecular complexity index is 625. The van der Waals surface area contributed by atoms with Crippen molar-refractivity contribution < 1.29 is 13.2 Å². The van der Waals surface area contributed by atoms with E-state index in [0.717, 1.165) is 17.3 Å². The van der Waals surface area contributed by atoms with E-state index in [4.69, 9.17) is 0 Å². The van der Waals surface area contributed by atoms with Crippen LogP contribution in [-0.4, -0.2) is 6.54 Å². The highest BCUT2D eigenvalue weighted by Crippen LogP contribution is 2.37. The van der Waals surface area contributed by atoms with Crippen LogP contribution in [0.1, 0.15) is 23.5 Å². The summed E-state index contributed by atoms with van der Waals surface area (Å²) in [6.07, 6.45) is 0.652. The first-order valence-corrected chi connectivity index (χ1v) is 6.14. The molecule has 0 fully saturated rings. The second-order valence-electron chi connectivity index (χ2n) is 4.62. The molecule has 0 amide bonds. The summed E-state index contributed by atoms with van der Waals surface area (Å²) in [5.41, 5.74) is 2.05. The third kappa shape index (κ3) is 1.97. The van der Waals surface area contributed by atoms with Crippen molar-refractivity contribution in [3.05, 3.63) is 65.0 Å². The van der Waals surface area contributed by atoms with Crippen molar-refractivity contribution in [1.82, 2.24) is 0 Å². The van der Waals surface area contributed by atoms with Crippen molar-refractivity contribution in [2.45, 2.75) is 12.3 Å². The fourth-order valence-corrected chi connectivity index (χ4v) is 2.60. The number of para-hydroxylation sites is 1. The molecule has 1 aliphatic rings. The number of benzene rings is 2. The quantitative estimate of drug-likeness (QED) is 0.765. The molecule has 0 radical (unpaired) electrons. The van der Waals surface area contributed by atoms with E-state index < -0.39 is 17.5 Å². The van der Waals surface area contributed by atoms with Crippen LogP contribution >= 0.6 is 0 Å². The van der Waals surface area contributed by atoms with Crippen molar-refractivity contribution in [3.63, 3.8) is 0 Å². The lowest BCUT2D eigenvalue weighted by molar-refractivity contribution is 0.436. The maximum absolute atomic E-state index is 13.9. The molecule has 0 spiro atoms. The largest absolute Gasteiger partial charge is 0.385 e. The van der Waals surface area contributed by atoms with Gasteiger partial charge in [0.05, 0.1) is 0 Å². The van der Waals surface area contributed by atoms with Crippen LogP contribution in [-0.2, 0) is 0 Å². The molecule has 1 nitrogen and oxygen atoms in total. The molecule has 0 aromatic heterocycles. The zero-order valence-electron chi connectivity index (χ0n) is 10.1. The lowest BCUT2D eigenvalue weighted by Gasteiger charge is -2.27. The molecule has 19 heavy (non-hydrogen) atoms. The van der Waals surface area contributed by atoms with Crippen molar-refractivity contribution >= 4 is 5.69 Å². The van der Waals surface area contributed by atoms with Gasteiger partial charge in [0.1, 0.15) is 0 Å². The van der Waals surface area contributed by atoms with Crippen LogP contribution in [0.15, 0.2) is 36.4 Å². The molecule has 3 rings (SSSR count). The highest BCUT2D eigenvalue weighted by atomic mass is 19.2. The monoisotopic (exact) mass is 263 g/mol. The normalized spacial score (nSPS) is 17.7. The smallest absolute Gasteiger partial charge is 0.194 e. The van der Waals surface area contributed by atoms with Gasteiger partial charge in [-0.3, -0.25) is 0 Å². The minimum Gasteiger partial charge on any atom is -0.385 e. The van der Waals surface area contributed by atoms with Crippen molar-refractivity contribution in [2.75, 3.05) is 11.9 Å². The summed E-state index contributed by atoms with van der Waals surface area (Å²) in [5.74, 6) is -3.87. The third-order valence-electron chi connectivity index (χ3n) is 3.53. The molecule has 98 valence electrons. The molecule has 0 aliphatic carbocycles. The predicted molar refractivity (Wildman–Crippen MR) is 67.7 cm³/mol. The summed E-state index contributed by atoms with van der Waals surface area (Å²) < 4.78 is 40.3. The van der Waals surface area contributed by atoms with Gasteiger partial charge in [0, 0.05) is 18.2 Å². The first-order chi connectivity index (χ1) is 9.18. The van der Waals surface area contributed by atoms with Crippen LogP contribution in [0, 0.1) is 17.5 Å². The van der Waals surface area contributed by atoms with E-state index in [0.29, 0.717) is 13.0 Å². The Balaban J connectivity index is 2.12. The van der Waals surface area contributed by atoms with Gasteiger partial charge in [0.25, 0.3) is 0 Å². The van der Waals surface area contributed by atoms with E-state index in [9.17, 15) is 13.2 Å². The standard InChI is InChI=1S/C15H12F3N/c16-12-6-5-11(14(17)15(12)18)9-7-8-19-13-4-2-1-3-10(9)13/h1-6,9,19H,7-8H2. The topological polar surface area (TPSA) is 12.0 Å². The first kappa shape index (κ1) is 12.1. The maximum Gasteiger partial charge on any atom is 0.194 e. The average Bonchev–Trinajstić information content (AvgIpc) is 2.45. The molecular formula is C15H12F3N. The van der Waals surface area contributed by atoms with Gasteiger partial charge in [-0.2, -0.15) is 0 Å². The summed E-state index contributed by atoms with van der Waals surface area (Å²) >= 11 is 0. The molecule has 1 atom stereocenters. The molecule has 2 aromatic carbocycles. The molecule has 1 aliphatic heterocycles. The Kier molecular flexibility index (Phi) is 2.93. The Hall–Kier alpha value is -1.97. The van der Waals surface area contributed by atoms with Gasteiger partial charge in [-0.15, -0.1) is 0 Å².